The van der Waals surface area contributed by atoms with Gasteiger partial charge in [0.25, 0.3) is 5.91 Å². The van der Waals surface area contributed by atoms with Crippen LogP contribution in [0.15, 0.2) is 36.8 Å². The number of nitrogens with one attached hydrogen (secondary N) is 2. The predicted molar refractivity (Wildman–Crippen MR) is 112 cm³/mol. The van der Waals surface area contributed by atoms with Crippen molar-refractivity contribution < 1.29 is 18.0 Å². The zero-order chi connectivity index (χ0) is 22.8. The van der Waals surface area contributed by atoms with Gasteiger partial charge in [0.05, 0.1) is 22.2 Å². The van der Waals surface area contributed by atoms with Crippen molar-refractivity contribution in [1.82, 2.24) is 20.3 Å². The number of carbonyl (C=O) groups is 1. The molecule has 0 saturated heterocycles. The van der Waals surface area contributed by atoms with E-state index in [1.54, 1.807) is 0 Å². The smallest absolute Gasteiger partial charge is 0.366 e. The molecule has 0 bridgehead atoms. The predicted octanol–water partition coefficient (Wildman–Crippen LogP) is 3.95. The van der Waals surface area contributed by atoms with Crippen LogP contribution >= 0.6 is 11.6 Å². The third kappa shape index (κ3) is 5.20. The summed E-state index contributed by atoms with van der Waals surface area (Å²) in [6.07, 6.45) is -1.97. The van der Waals surface area contributed by atoms with Crippen molar-refractivity contribution in [2.24, 2.45) is 5.73 Å². The summed E-state index contributed by atoms with van der Waals surface area (Å²) in [7, 11) is 0. The Morgan fingerprint density at radius 3 is 2.55 bits per heavy atom. The fourth-order valence-corrected chi connectivity index (χ4v) is 3.24. The number of aromatic nitrogens is 3. The summed E-state index contributed by atoms with van der Waals surface area (Å²) in [5, 5.41) is 5.94. The maximum absolute atomic E-state index is 13.4. The summed E-state index contributed by atoms with van der Waals surface area (Å²) in [6, 6.07) is 4.65. The van der Waals surface area contributed by atoms with Crippen molar-refractivity contribution in [2.45, 2.75) is 32.1 Å². The van der Waals surface area contributed by atoms with Crippen molar-refractivity contribution >= 4 is 34.4 Å². The van der Waals surface area contributed by atoms with Crippen LogP contribution in [0.1, 0.15) is 41.4 Å². The van der Waals surface area contributed by atoms with E-state index in [0.717, 1.165) is 6.07 Å². The Balaban J connectivity index is 2.06. The number of hydrogen-bond acceptors (Lipinski definition) is 6. The first kappa shape index (κ1) is 22.7. The minimum absolute atomic E-state index is 0.0837. The Hall–Kier alpha value is -2.98. The largest absolute Gasteiger partial charge is 0.417 e. The van der Waals surface area contributed by atoms with E-state index in [4.69, 9.17) is 17.3 Å². The van der Waals surface area contributed by atoms with Crippen molar-refractivity contribution in [2.75, 3.05) is 11.9 Å². The first-order chi connectivity index (χ1) is 14.6. The lowest BCUT2D eigenvalue weighted by molar-refractivity contribution is -0.137. The van der Waals surface area contributed by atoms with Crippen molar-refractivity contribution in [3.63, 3.8) is 0 Å². The number of anilines is 1. The summed E-state index contributed by atoms with van der Waals surface area (Å²) in [4.78, 5) is 24.2. The number of halogens is 4. The summed E-state index contributed by atoms with van der Waals surface area (Å²) in [6.45, 7) is 4.12. The van der Waals surface area contributed by atoms with E-state index in [0.29, 0.717) is 5.56 Å². The third-order valence-corrected chi connectivity index (χ3v) is 4.86. The van der Waals surface area contributed by atoms with Crippen LogP contribution in [0, 0.1) is 0 Å². The van der Waals surface area contributed by atoms with Gasteiger partial charge in [-0.25, -0.2) is 9.97 Å². The second-order valence-electron chi connectivity index (χ2n) is 7.14. The number of carbonyl (C=O) groups excluding carboxylic acids is 1. The number of primary amides is 1. The Morgan fingerprint density at radius 2 is 1.90 bits per heavy atom. The molecule has 2 heterocycles. The Bertz CT molecular complexity index is 1110. The van der Waals surface area contributed by atoms with Gasteiger partial charge < -0.3 is 16.4 Å². The molecule has 0 radical (unpaired) electrons. The fraction of sp³-hybridized carbons (Fsp3) is 0.300. The van der Waals surface area contributed by atoms with E-state index >= 15 is 0 Å². The number of fused-ring (bicyclic) bond motifs is 1. The normalized spacial score (nSPS) is 12.9. The highest BCUT2D eigenvalue weighted by Crippen LogP contribution is 2.36. The number of rotatable bonds is 7. The molecule has 0 unspecified atom stereocenters. The first-order valence-electron chi connectivity index (χ1n) is 9.34. The van der Waals surface area contributed by atoms with Crippen LogP contribution in [-0.4, -0.2) is 33.4 Å². The topological polar surface area (TPSA) is 106 Å². The number of hydrogen-bond donors (Lipinski definition) is 3. The number of benzene rings is 1. The zero-order valence-electron chi connectivity index (χ0n) is 16.7. The minimum Gasteiger partial charge on any atom is -0.366 e. The monoisotopic (exact) mass is 452 g/mol. The number of nitrogens with two attached hydrogens (primary N) is 1. The standard InChI is InChI=1S/C20H20ClF3N6O/c1-10(2)27-8-15(11-3-4-14(21)13(7-11)20(22,23)24)30-19-17-16(28-9-29-19)12(18(25)31)5-6-26-17/h3-7,9-10,15,27H,8H2,1-2H3,(H2,25,31)(H,28,29,30)/t15-/m1/s1. The second kappa shape index (κ2) is 9.03. The molecule has 0 aliphatic carbocycles. The van der Waals surface area contributed by atoms with Gasteiger partial charge in [0, 0.05) is 18.8 Å². The lowest BCUT2D eigenvalue weighted by Gasteiger charge is -2.23. The van der Waals surface area contributed by atoms with Crippen LogP contribution in [0.3, 0.4) is 0 Å². The average molecular weight is 453 g/mol. The van der Waals surface area contributed by atoms with Crippen LogP contribution < -0.4 is 16.4 Å². The molecule has 0 fully saturated rings. The van der Waals surface area contributed by atoms with Crippen LogP contribution in [0.5, 0.6) is 0 Å². The first-order valence-corrected chi connectivity index (χ1v) is 9.71. The Kier molecular flexibility index (Phi) is 6.61. The van der Waals surface area contributed by atoms with E-state index in [1.165, 1.54) is 30.7 Å². The molecule has 1 atom stereocenters. The van der Waals surface area contributed by atoms with Gasteiger partial charge in [-0.3, -0.25) is 9.78 Å². The molecule has 164 valence electrons. The van der Waals surface area contributed by atoms with Gasteiger partial charge in [0.1, 0.15) is 17.4 Å². The molecule has 0 aliphatic rings. The number of alkyl halides is 3. The van der Waals surface area contributed by atoms with E-state index in [2.05, 4.69) is 25.6 Å². The van der Waals surface area contributed by atoms with E-state index in [-0.39, 0.29) is 40.0 Å². The highest BCUT2D eigenvalue weighted by atomic mass is 35.5. The Morgan fingerprint density at radius 1 is 1.16 bits per heavy atom. The van der Waals surface area contributed by atoms with Crippen LogP contribution in [-0.2, 0) is 6.18 Å². The molecule has 2 aromatic heterocycles. The van der Waals surface area contributed by atoms with Crippen LogP contribution in [0.2, 0.25) is 5.02 Å². The van der Waals surface area contributed by atoms with Crippen LogP contribution in [0.4, 0.5) is 19.0 Å². The quantitative estimate of drug-likeness (QED) is 0.501. The molecule has 31 heavy (non-hydrogen) atoms. The minimum atomic E-state index is -4.59. The Labute approximate surface area is 181 Å². The van der Waals surface area contributed by atoms with E-state index in [1.807, 2.05) is 13.8 Å². The molecular formula is C20H20ClF3N6O. The molecule has 0 aliphatic heterocycles. The van der Waals surface area contributed by atoms with Crippen molar-refractivity contribution in [3.05, 3.63) is 58.5 Å². The number of amides is 1. The van der Waals surface area contributed by atoms with Crippen molar-refractivity contribution in [3.8, 4) is 0 Å². The molecule has 4 N–H and O–H groups in total. The van der Waals surface area contributed by atoms with E-state index < -0.39 is 23.7 Å². The van der Waals surface area contributed by atoms with Gasteiger partial charge in [0.15, 0.2) is 5.82 Å². The molecular weight excluding hydrogens is 433 g/mol. The van der Waals surface area contributed by atoms with Gasteiger partial charge in [-0.15, -0.1) is 0 Å². The fourth-order valence-electron chi connectivity index (χ4n) is 3.02. The lowest BCUT2D eigenvalue weighted by atomic mass is 10.0. The molecule has 1 aromatic carbocycles. The second-order valence-corrected chi connectivity index (χ2v) is 7.55. The molecule has 7 nitrogen and oxygen atoms in total. The number of pyridine rings is 1. The average Bonchev–Trinajstić information content (AvgIpc) is 2.70. The SMILES string of the molecule is CC(C)NC[C@@H](Nc1ncnc2c(C(N)=O)ccnc12)c1ccc(Cl)c(C(F)(F)F)c1. The number of nitrogens with zero attached hydrogens (tertiary/aromatic N) is 3. The van der Waals surface area contributed by atoms with Crippen LogP contribution in [0.25, 0.3) is 11.0 Å². The van der Waals surface area contributed by atoms with Crippen molar-refractivity contribution in [1.29, 1.82) is 0 Å². The summed E-state index contributed by atoms with van der Waals surface area (Å²) in [5.74, 6) is -0.422. The molecule has 3 rings (SSSR count). The maximum atomic E-state index is 13.4. The van der Waals surface area contributed by atoms with Gasteiger partial charge in [-0.1, -0.05) is 31.5 Å². The van der Waals surface area contributed by atoms with Gasteiger partial charge in [0.2, 0.25) is 0 Å². The summed E-state index contributed by atoms with van der Waals surface area (Å²) >= 11 is 5.77. The molecule has 0 spiro atoms. The maximum Gasteiger partial charge on any atom is 0.417 e. The third-order valence-electron chi connectivity index (χ3n) is 4.53. The highest BCUT2D eigenvalue weighted by Gasteiger charge is 2.34. The van der Waals surface area contributed by atoms with E-state index in [9.17, 15) is 18.0 Å². The van der Waals surface area contributed by atoms with Gasteiger partial charge in [-0.05, 0) is 23.8 Å². The molecule has 0 saturated carbocycles. The van der Waals surface area contributed by atoms with Gasteiger partial charge >= 0.3 is 6.18 Å². The summed E-state index contributed by atoms with van der Waals surface area (Å²) in [5.41, 5.74) is 5.51. The molecule has 11 heteroatoms. The molecule has 1 amide bonds. The zero-order valence-corrected chi connectivity index (χ0v) is 17.4. The lowest BCUT2D eigenvalue weighted by Crippen LogP contribution is -2.31. The summed E-state index contributed by atoms with van der Waals surface area (Å²) < 4.78 is 40.1. The van der Waals surface area contributed by atoms with Gasteiger partial charge in [-0.2, -0.15) is 13.2 Å². The molecule has 3 aromatic rings. The highest BCUT2D eigenvalue weighted by molar-refractivity contribution is 6.31.